The zero-order chi connectivity index (χ0) is 14.8. The topological polar surface area (TPSA) is 49.0 Å². The molecule has 1 saturated heterocycles. The van der Waals surface area contributed by atoms with Crippen molar-refractivity contribution >= 4 is 17.2 Å². The van der Waals surface area contributed by atoms with Gasteiger partial charge in [0.2, 0.25) is 0 Å². The van der Waals surface area contributed by atoms with E-state index in [0.29, 0.717) is 5.92 Å². The lowest BCUT2D eigenvalue weighted by atomic mass is 9.92. The van der Waals surface area contributed by atoms with E-state index in [2.05, 4.69) is 17.1 Å². The van der Waals surface area contributed by atoms with E-state index < -0.39 is 0 Å². The Bertz CT molecular complexity index is 631. The van der Waals surface area contributed by atoms with Gasteiger partial charge in [0, 0.05) is 23.7 Å². The SMILES string of the molecule is Cc1ccc(C(=O)N2CCC[C@@H](Cc3[nH]ncc3C)C2)s1. The Labute approximate surface area is 129 Å². The van der Waals surface area contributed by atoms with Gasteiger partial charge in [0.15, 0.2) is 0 Å². The van der Waals surface area contributed by atoms with Crippen LogP contribution in [0, 0.1) is 19.8 Å². The summed E-state index contributed by atoms with van der Waals surface area (Å²) in [5, 5.41) is 7.17. The highest BCUT2D eigenvalue weighted by molar-refractivity contribution is 7.13. The monoisotopic (exact) mass is 303 g/mol. The molecule has 0 saturated carbocycles. The highest BCUT2D eigenvalue weighted by atomic mass is 32.1. The standard InChI is InChI=1S/C16H21N3OS/c1-11-9-17-18-14(11)8-13-4-3-7-19(10-13)16(20)15-6-5-12(2)21-15/h5-6,9,13H,3-4,7-8,10H2,1-2H3,(H,17,18)/t13-/m0/s1. The lowest BCUT2D eigenvalue weighted by Crippen LogP contribution is -2.40. The number of aryl methyl sites for hydroxylation is 2. The smallest absolute Gasteiger partial charge is 0.263 e. The number of likely N-dealkylation sites (tertiary alicyclic amines) is 1. The van der Waals surface area contributed by atoms with Crippen LogP contribution in [0.15, 0.2) is 18.3 Å². The molecule has 3 rings (SSSR count). The molecule has 1 aliphatic rings. The number of aromatic amines is 1. The Morgan fingerprint density at radius 2 is 2.33 bits per heavy atom. The van der Waals surface area contributed by atoms with E-state index in [0.717, 1.165) is 30.8 Å². The normalized spacial score (nSPS) is 19.0. The number of carbonyl (C=O) groups is 1. The first-order valence-electron chi connectivity index (χ1n) is 7.48. The summed E-state index contributed by atoms with van der Waals surface area (Å²) in [7, 11) is 0. The van der Waals surface area contributed by atoms with E-state index >= 15 is 0 Å². The number of nitrogens with one attached hydrogen (secondary N) is 1. The predicted octanol–water partition coefficient (Wildman–Crippen LogP) is 3.18. The van der Waals surface area contributed by atoms with Crippen molar-refractivity contribution in [3.05, 3.63) is 39.3 Å². The maximum absolute atomic E-state index is 12.5. The molecule has 1 amide bonds. The van der Waals surface area contributed by atoms with Crippen LogP contribution in [-0.4, -0.2) is 34.1 Å². The quantitative estimate of drug-likeness (QED) is 0.946. The number of carbonyl (C=O) groups excluding carboxylic acids is 1. The van der Waals surface area contributed by atoms with Gasteiger partial charge in [-0.2, -0.15) is 5.10 Å². The molecule has 0 radical (unpaired) electrons. The summed E-state index contributed by atoms with van der Waals surface area (Å²) in [5.41, 5.74) is 2.42. The van der Waals surface area contributed by atoms with Crippen LogP contribution in [0.2, 0.25) is 0 Å². The second kappa shape index (κ2) is 6.02. The van der Waals surface area contributed by atoms with E-state index in [-0.39, 0.29) is 5.91 Å². The second-order valence-electron chi connectivity index (χ2n) is 5.91. The predicted molar refractivity (Wildman–Crippen MR) is 84.7 cm³/mol. The molecule has 1 aliphatic heterocycles. The van der Waals surface area contributed by atoms with Crippen molar-refractivity contribution in [3.8, 4) is 0 Å². The molecule has 0 aromatic carbocycles. The van der Waals surface area contributed by atoms with Crippen molar-refractivity contribution in [3.63, 3.8) is 0 Å². The Morgan fingerprint density at radius 1 is 1.48 bits per heavy atom. The van der Waals surface area contributed by atoms with Crippen molar-refractivity contribution in [2.75, 3.05) is 13.1 Å². The summed E-state index contributed by atoms with van der Waals surface area (Å²) >= 11 is 1.59. The molecule has 4 nitrogen and oxygen atoms in total. The van der Waals surface area contributed by atoms with Crippen LogP contribution in [0.25, 0.3) is 0 Å². The van der Waals surface area contributed by atoms with E-state index in [1.807, 2.05) is 30.2 Å². The number of hydrogen-bond donors (Lipinski definition) is 1. The summed E-state index contributed by atoms with van der Waals surface area (Å²) in [4.78, 5) is 16.6. The number of piperidine rings is 1. The fraction of sp³-hybridized carbons (Fsp3) is 0.500. The average molecular weight is 303 g/mol. The number of rotatable bonds is 3. The van der Waals surface area contributed by atoms with E-state index in [1.54, 1.807) is 11.3 Å². The van der Waals surface area contributed by atoms with E-state index in [9.17, 15) is 4.79 Å². The van der Waals surface area contributed by atoms with Gasteiger partial charge in [0.25, 0.3) is 5.91 Å². The molecular formula is C16H21N3OS. The minimum atomic E-state index is 0.194. The maximum atomic E-state index is 12.5. The molecular weight excluding hydrogens is 282 g/mol. The van der Waals surface area contributed by atoms with Crippen molar-refractivity contribution in [1.29, 1.82) is 0 Å². The second-order valence-corrected chi connectivity index (χ2v) is 7.19. The molecule has 3 heterocycles. The third kappa shape index (κ3) is 3.18. The molecule has 21 heavy (non-hydrogen) atoms. The fourth-order valence-electron chi connectivity index (χ4n) is 2.99. The minimum absolute atomic E-state index is 0.194. The van der Waals surface area contributed by atoms with Crippen LogP contribution in [0.4, 0.5) is 0 Å². The zero-order valence-electron chi connectivity index (χ0n) is 12.6. The maximum Gasteiger partial charge on any atom is 0.263 e. The third-order valence-corrected chi connectivity index (χ3v) is 5.17. The lowest BCUT2D eigenvalue weighted by Gasteiger charge is -2.32. The van der Waals surface area contributed by atoms with Crippen molar-refractivity contribution in [2.24, 2.45) is 5.92 Å². The summed E-state index contributed by atoms with van der Waals surface area (Å²) < 4.78 is 0. The first-order chi connectivity index (χ1) is 10.1. The molecule has 5 heteroatoms. The summed E-state index contributed by atoms with van der Waals surface area (Å²) in [6.07, 6.45) is 5.13. The van der Waals surface area contributed by atoms with Gasteiger partial charge in [-0.05, 0) is 56.7 Å². The van der Waals surface area contributed by atoms with Crippen LogP contribution in [-0.2, 0) is 6.42 Å². The highest BCUT2D eigenvalue weighted by Gasteiger charge is 2.25. The van der Waals surface area contributed by atoms with Crippen LogP contribution < -0.4 is 0 Å². The van der Waals surface area contributed by atoms with E-state index in [4.69, 9.17) is 0 Å². The molecule has 1 atom stereocenters. The third-order valence-electron chi connectivity index (χ3n) is 4.18. The number of thiophene rings is 1. The first kappa shape index (κ1) is 14.3. The van der Waals surface area contributed by atoms with Crippen LogP contribution in [0.3, 0.4) is 0 Å². The molecule has 0 spiro atoms. The van der Waals surface area contributed by atoms with Gasteiger partial charge < -0.3 is 4.90 Å². The zero-order valence-corrected chi connectivity index (χ0v) is 13.4. The van der Waals surface area contributed by atoms with Crippen molar-refractivity contribution in [2.45, 2.75) is 33.1 Å². The highest BCUT2D eigenvalue weighted by Crippen LogP contribution is 2.24. The van der Waals surface area contributed by atoms with Crippen molar-refractivity contribution in [1.82, 2.24) is 15.1 Å². The average Bonchev–Trinajstić information content (AvgIpc) is 3.08. The Kier molecular flexibility index (Phi) is 4.10. The van der Waals surface area contributed by atoms with Gasteiger partial charge in [0.05, 0.1) is 11.1 Å². The number of H-pyrrole nitrogens is 1. The van der Waals surface area contributed by atoms with Gasteiger partial charge in [-0.1, -0.05) is 0 Å². The Morgan fingerprint density at radius 3 is 3.00 bits per heavy atom. The molecule has 112 valence electrons. The van der Waals surface area contributed by atoms with Gasteiger partial charge in [-0.25, -0.2) is 0 Å². The number of hydrogen-bond acceptors (Lipinski definition) is 3. The largest absolute Gasteiger partial charge is 0.338 e. The van der Waals surface area contributed by atoms with Crippen LogP contribution in [0.5, 0.6) is 0 Å². The Hall–Kier alpha value is -1.62. The first-order valence-corrected chi connectivity index (χ1v) is 8.29. The van der Waals surface area contributed by atoms with Gasteiger partial charge in [-0.15, -0.1) is 11.3 Å². The molecule has 2 aromatic rings. The van der Waals surface area contributed by atoms with Crippen LogP contribution in [0.1, 0.15) is 38.6 Å². The molecule has 1 fully saturated rings. The number of amides is 1. The van der Waals surface area contributed by atoms with Gasteiger partial charge in [0.1, 0.15) is 0 Å². The molecule has 0 aliphatic carbocycles. The lowest BCUT2D eigenvalue weighted by molar-refractivity contribution is 0.0677. The number of nitrogens with zero attached hydrogens (tertiary/aromatic N) is 2. The summed E-state index contributed by atoms with van der Waals surface area (Å²) in [5.74, 6) is 0.724. The Balaban J connectivity index is 1.65. The van der Waals surface area contributed by atoms with Crippen LogP contribution >= 0.6 is 11.3 Å². The summed E-state index contributed by atoms with van der Waals surface area (Å²) in [6.45, 7) is 5.86. The van der Waals surface area contributed by atoms with E-state index in [1.165, 1.54) is 22.6 Å². The van der Waals surface area contributed by atoms with Gasteiger partial charge in [-0.3, -0.25) is 9.89 Å². The minimum Gasteiger partial charge on any atom is -0.338 e. The molecule has 1 N–H and O–H groups in total. The van der Waals surface area contributed by atoms with Gasteiger partial charge >= 0.3 is 0 Å². The molecule has 0 bridgehead atoms. The summed E-state index contributed by atoms with van der Waals surface area (Å²) in [6, 6.07) is 3.97. The fourth-order valence-corrected chi connectivity index (χ4v) is 3.83. The van der Waals surface area contributed by atoms with Crippen molar-refractivity contribution < 1.29 is 4.79 Å². The molecule has 0 unspecified atom stereocenters. The molecule has 2 aromatic heterocycles. The number of aromatic nitrogens is 2.